The Kier molecular flexibility index (Phi) is 17.0. The number of hydrogen-bond donors (Lipinski definition) is 3. The van der Waals surface area contributed by atoms with Crippen LogP contribution in [0.4, 0.5) is 5.69 Å². The third kappa shape index (κ3) is 14.7. The minimum atomic E-state index is -3.70. The molecule has 40 heavy (non-hydrogen) atoms. The van der Waals surface area contributed by atoms with Gasteiger partial charge in [0.1, 0.15) is 0 Å². The first-order valence-electron chi connectivity index (χ1n) is 15.2. The van der Waals surface area contributed by atoms with Gasteiger partial charge in [-0.05, 0) is 49.8 Å². The van der Waals surface area contributed by atoms with E-state index in [0.717, 1.165) is 19.3 Å². The number of unbranched alkanes of at least 4 members (excludes halogenated alkanes) is 12. The van der Waals surface area contributed by atoms with E-state index in [0.29, 0.717) is 23.2 Å². The number of rotatable bonds is 22. The van der Waals surface area contributed by atoms with Crippen LogP contribution in [0.2, 0.25) is 0 Å². The molecule has 2 aromatic rings. The van der Waals surface area contributed by atoms with Gasteiger partial charge in [0.2, 0.25) is 10.0 Å². The fraction of sp³-hybridized carbons (Fsp3) is 0.545. The first-order chi connectivity index (χ1) is 19.4. The van der Waals surface area contributed by atoms with E-state index < -0.39 is 10.0 Å². The lowest BCUT2D eigenvalue weighted by Gasteiger charge is -2.13. The van der Waals surface area contributed by atoms with Crippen LogP contribution in [0.1, 0.15) is 118 Å². The summed E-state index contributed by atoms with van der Waals surface area (Å²) in [6.45, 7) is 2.50. The number of sulfonamides is 1. The normalized spacial score (nSPS) is 11.7. The van der Waals surface area contributed by atoms with Crippen LogP contribution in [0, 0.1) is 0 Å². The number of aliphatic hydroxyl groups is 1. The van der Waals surface area contributed by atoms with E-state index in [1.165, 1.54) is 76.7 Å². The standard InChI is InChI=1S/C33H50N2O4S/c1-2-3-4-5-6-7-8-9-10-11-12-13-14-15-16-20-25-34-33(37)30-23-24-31(27-36)32(26-30)35-40(38,39)28-29-21-18-17-19-22-29/h9-10,17-19,21-24,26,35-36H,2-8,11-16,20,25,27-28H2,1H3,(H,34,37)/b10-9-. The second-order valence-electron chi connectivity index (χ2n) is 10.6. The molecule has 0 spiro atoms. The fourth-order valence-electron chi connectivity index (χ4n) is 4.62. The summed E-state index contributed by atoms with van der Waals surface area (Å²) in [5, 5.41) is 12.6. The van der Waals surface area contributed by atoms with Crippen molar-refractivity contribution < 1.29 is 18.3 Å². The van der Waals surface area contributed by atoms with Crippen LogP contribution in [0.25, 0.3) is 0 Å². The van der Waals surface area contributed by atoms with E-state index in [9.17, 15) is 18.3 Å². The molecule has 0 fully saturated rings. The molecule has 0 aliphatic carbocycles. The van der Waals surface area contributed by atoms with Crippen molar-refractivity contribution in [3.63, 3.8) is 0 Å². The number of anilines is 1. The average molecular weight is 571 g/mol. The highest BCUT2D eigenvalue weighted by Crippen LogP contribution is 2.21. The lowest BCUT2D eigenvalue weighted by molar-refractivity contribution is 0.0953. The number of amides is 1. The van der Waals surface area contributed by atoms with Crippen molar-refractivity contribution in [2.24, 2.45) is 0 Å². The molecule has 7 heteroatoms. The van der Waals surface area contributed by atoms with E-state index in [-0.39, 0.29) is 24.0 Å². The molecule has 1 amide bonds. The molecule has 0 saturated carbocycles. The van der Waals surface area contributed by atoms with Gasteiger partial charge in [0.15, 0.2) is 0 Å². The van der Waals surface area contributed by atoms with Crippen molar-refractivity contribution in [3.05, 3.63) is 77.4 Å². The Balaban J connectivity index is 1.61. The van der Waals surface area contributed by atoms with Gasteiger partial charge in [-0.3, -0.25) is 9.52 Å². The molecule has 0 radical (unpaired) electrons. The zero-order valence-corrected chi connectivity index (χ0v) is 25.2. The Morgan fingerprint density at radius 3 is 2.02 bits per heavy atom. The second kappa shape index (κ2) is 20.3. The number of nitrogens with one attached hydrogen (secondary N) is 2. The van der Waals surface area contributed by atoms with Crippen molar-refractivity contribution in [2.75, 3.05) is 11.3 Å². The lowest BCUT2D eigenvalue weighted by Crippen LogP contribution is -2.25. The summed E-state index contributed by atoms with van der Waals surface area (Å²) in [4.78, 5) is 12.7. The van der Waals surface area contributed by atoms with Gasteiger partial charge in [0.05, 0.1) is 18.0 Å². The predicted octanol–water partition coefficient (Wildman–Crippen LogP) is 7.89. The molecule has 6 nitrogen and oxygen atoms in total. The first-order valence-corrected chi connectivity index (χ1v) is 16.8. The first kappa shape index (κ1) is 33.6. The third-order valence-electron chi connectivity index (χ3n) is 6.98. The van der Waals surface area contributed by atoms with Crippen LogP contribution in [0.3, 0.4) is 0 Å². The van der Waals surface area contributed by atoms with Gasteiger partial charge >= 0.3 is 0 Å². The highest BCUT2D eigenvalue weighted by atomic mass is 32.2. The van der Waals surface area contributed by atoms with E-state index in [2.05, 4.69) is 29.1 Å². The molecule has 0 aromatic heterocycles. The monoisotopic (exact) mass is 570 g/mol. The highest BCUT2D eigenvalue weighted by molar-refractivity contribution is 7.91. The molecular formula is C33H50N2O4S. The van der Waals surface area contributed by atoms with Crippen molar-refractivity contribution in [2.45, 2.75) is 109 Å². The topological polar surface area (TPSA) is 95.5 Å². The number of carbonyl (C=O) groups excluding carboxylic acids is 1. The fourth-order valence-corrected chi connectivity index (χ4v) is 5.85. The van der Waals surface area contributed by atoms with Gasteiger partial charge in [-0.1, -0.05) is 113 Å². The number of aliphatic hydroxyl groups excluding tert-OH is 1. The van der Waals surface area contributed by atoms with Crippen LogP contribution in [0.15, 0.2) is 60.7 Å². The molecule has 0 unspecified atom stereocenters. The molecule has 0 aliphatic heterocycles. The van der Waals surface area contributed by atoms with E-state index in [1.807, 2.05) is 6.07 Å². The molecule has 0 atom stereocenters. The largest absolute Gasteiger partial charge is 0.392 e. The zero-order valence-electron chi connectivity index (χ0n) is 24.4. The molecule has 3 N–H and O–H groups in total. The van der Waals surface area contributed by atoms with Gasteiger partial charge < -0.3 is 10.4 Å². The van der Waals surface area contributed by atoms with Gasteiger partial charge in [0.25, 0.3) is 5.91 Å². The van der Waals surface area contributed by atoms with Crippen LogP contribution in [-0.4, -0.2) is 26.0 Å². The van der Waals surface area contributed by atoms with Crippen molar-refractivity contribution in [3.8, 4) is 0 Å². The maximum atomic E-state index is 12.7. The quantitative estimate of drug-likeness (QED) is 0.0991. The highest BCUT2D eigenvalue weighted by Gasteiger charge is 2.16. The molecule has 0 heterocycles. The number of carbonyl (C=O) groups is 1. The maximum Gasteiger partial charge on any atom is 0.251 e. The molecular weight excluding hydrogens is 520 g/mol. The lowest BCUT2D eigenvalue weighted by atomic mass is 10.1. The van der Waals surface area contributed by atoms with Gasteiger partial charge in [-0.15, -0.1) is 0 Å². The Hall–Kier alpha value is -2.64. The van der Waals surface area contributed by atoms with Crippen LogP contribution < -0.4 is 10.0 Å². The van der Waals surface area contributed by atoms with Crippen molar-refractivity contribution >= 4 is 21.6 Å². The van der Waals surface area contributed by atoms with Crippen molar-refractivity contribution in [1.29, 1.82) is 0 Å². The Morgan fingerprint density at radius 1 is 0.800 bits per heavy atom. The molecule has 0 saturated heterocycles. The Bertz CT molecular complexity index is 1100. The Labute approximate surface area is 242 Å². The number of hydrogen-bond acceptors (Lipinski definition) is 4. The SMILES string of the molecule is CCCCCCCC/C=C\CCCCCCCCNC(=O)c1ccc(CO)c(NS(=O)(=O)Cc2ccccc2)c1. The average Bonchev–Trinajstić information content (AvgIpc) is 2.94. The second-order valence-corrected chi connectivity index (χ2v) is 12.3. The summed E-state index contributed by atoms with van der Waals surface area (Å²) in [5.41, 5.74) is 1.66. The zero-order chi connectivity index (χ0) is 28.9. The summed E-state index contributed by atoms with van der Waals surface area (Å²) in [6, 6.07) is 13.6. The van der Waals surface area contributed by atoms with Crippen LogP contribution in [0.5, 0.6) is 0 Å². The van der Waals surface area contributed by atoms with Crippen LogP contribution in [-0.2, 0) is 22.4 Å². The number of benzene rings is 2. The molecule has 222 valence electrons. The van der Waals surface area contributed by atoms with E-state index >= 15 is 0 Å². The van der Waals surface area contributed by atoms with Crippen LogP contribution >= 0.6 is 0 Å². The summed E-state index contributed by atoms with van der Waals surface area (Å²) >= 11 is 0. The van der Waals surface area contributed by atoms with Gasteiger partial charge in [-0.25, -0.2) is 8.42 Å². The summed E-state index contributed by atoms with van der Waals surface area (Å²) in [5.74, 6) is -0.439. The Morgan fingerprint density at radius 2 is 1.40 bits per heavy atom. The summed E-state index contributed by atoms with van der Waals surface area (Å²) < 4.78 is 27.9. The molecule has 2 aromatic carbocycles. The van der Waals surface area contributed by atoms with Crippen molar-refractivity contribution in [1.82, 2.24) is 5.32 Å². The number of allylic oxidation sites excluding steroid dienone is 2. The van der Waals surface area contributed by atoms with Gasteiger partial charge in [0, 0.05) is 17.7 Å². The molecule has 2 rings (SSSR count). The third-order valence-corrected chi connectivity index (χ3v) is 8.23. The predicted molar refractivity (Wildman–Crippen MR) is 167 cm³/mol. The molecule has 0 aliphatic rings. The smallest absolute Gasteiger partial charge is 0.251 e. The minimum Gasteiger partial charge on any atom is -0.392 e. The summed E-state index contributed by atoms with van der Waals surface area (Å²) in [7, 11) is -3.70. The van der Waals surface area contributed by atoms with Gasteiger partial charge in [-0.2, -0.15) is 0 Å². The maximum absolute atomic E-state index is 12.7. The van der Waals surface area contributed by atoms with E-state index in [1.54, 1.807) is 36.4 Å². The van der Waals surface area contributed by atoms with E-state index in [4.69, 9.17) is 0 Å². The molecule has 0 bridgehead atoms. The summed E-state index contributed by atoms with van der Waals surface area (Å²) in [6.07, 6.45) is 22.0. The minimum absolute atomic E-state index is 0.189.